The maximum absolute atomic E-state index is 12.3. The summed E-state index contributed by atoms with van der Waals surface area (Å²) in [7, 11) is 0. The van der Waals surface area contributed by atoms with Crippen molar-refractivity contribution in [2.75, 3.05) is 18.7 Å². The van der Waals surface area contributed by atoms with Crippen molar-refractivity contribution in [2.45, 2.75) is 6.92 Å². The van der Waals surface area contributed by atoms with Gasteiger partial charge in [-0.05, 0) is 42.8 Å². The summed E-state index contributed by atoms with van der Waals surface area (Å²) in [6.07, 6.45) is 1.53. The predicted octanol–water partition coefficient (Wildman–Crippen LogP) is 3.36. The van der Waals surface area contributed by atoms with E-state index in [2.05, 4.69) is 5.32 Å². The Hall–Kier alpha value is -3.46. The fourth-order valence-corrected chi connectivity index (χ4v) is 2.31. The van der Waals surface area contributed by atoms with E-state index in [1.165, 1.54) is 6.08 Å². The van der Waals surface area contributed by atoms with Crippen LogP contribution in [0.5, 0.6) is 17.2 Å². The minimum Gasteiger partial charge on any atom is -0.494 e. The smallest absolute Gasteiger partial charge is 0.266 e. The number of nitriles is 1. The van der Waals surface area contributed by atoms with Gasteiger partial charge >= 0.3 is 0 Å². The van der Waals surface area contributed by atoms with Gasteiger partial charge in [0, 0.05) is 11.8 Å². The summed E-state index contributed by atoms with van der Waals surface area (Å²) in [5.41, 5.74) is 1.27. The number of fused-ring (bicyclic) bond motifs is 1. The van der Waals surface area contributed by atoms with Crippen molar-refractivity contribution in [1.82, 2.24) is 0 Å². The molecule has 0 radical (unpaired) electrons. The van der Waals surface area contributed by atoms with Gasteiger partial charge < -0.3 is 19.5 Å². The number of anilines is 1. The number of carbonyl (C=O) groups is 1. The molecule has 2 aromatic carbocycles. The van der Waals surface area contributed by atoms with Crippen LogP contribution in [0.1, 0.15) is 12.5 Å². The zero-order valence-electron chi connectivity index (χ0n) is 13.6. The Labute approximate surface area is 145 Å². The molecule has 1 aliphatic heterocycles. The van der Waals surface area contributed by atoms with Crippen LogP contribution < -0.4 is 19.5 Å². The fourth-order valence-electron chi connectivity index (χ4n) is 2.31. The molecule has 1 aliphatic rings. The molecule has 0 atom stereocenters. The zero-order valence-corrected chi connectivity index (χ0v) is 13.6. The van der Waals surface area contributed by atoms with Gasteiger partial charge in [-0.3, -0.25) is 4.79 Å². The summed E-state index contributed by atoms with van der Waals surface area (Å²) in [5, 5.41) is 12.0. The summed E-state index contributed by atoms with van der Waals surface area (Å²) < 4.78 is 15.9. The van der Waals surface area contributed by atoms with Crippen molar-refractivity contribution in [3.05, 3.63) is 53.6 Å². The number of amides is 1. The lowest BCUT2D eigenvalue weighted by Crippen LogP contribution is -2.13. The van der Waals surface area contributed by atoms with Crippen molar-refractivity contribution in [3.8, 4) is 23.3 Å². The molecule has 0 aromatic heterocycles. The van der Waals surface area contributed by atoms with Gasteiger partial charge in [-0.25, -0.2) is 0 Å². The Morgan fingerprint density at radius 1 is 1.24 bits per heavy atom. The van der Waals surface area contributed by atoms with E-state index < -0.39 is 5.91 Å². The van der Waals surface area contributed by atoms with E-state index in [0.29, 0.717) is 23.8 Å². The highest BCUT2D eigenvalue weighted by Gasteiger charge is 2.15. The predicted molar refractivity (Wildman–Crippen MR) is 92.4 cm³/mol. The standard InChI is InChI=1S/C19H16N2O4/c1-2-23-16-6-3-13(4-7-16)9-14(11-20)19(22)21-15-5-8-17-18(10-15)25-12-24-17/h3-10H,2,12H2,1H3,(H,21,22)/b14-9+. The van der Waals surface area contributed by atoms with Crippen LogP contribution in [-0.2, 0) is 4.79 Å². The van der Waals surface area contributed by atoms with E-state index in [9.17, 15) is 10.1 Å². The molecule has 0 fully saturated rings. The first-order valence-corrected chi connectivity index (χ1v) is 7.75. The van der Waals surface area contributed by atoms with Crippen molar-refractivity contribution in [3.63, 3.8) is 0 Å². The summed E-state index contributed by atoms with van der Waals surface area (Å²) >= 11 is 0. The highest BCUT2D eigenvalue weighted by molar-refractivity contribution is 6.09. The third kappa shape index (κ3) is 3.90. The third-order valence-electron chi connectivity index (χ3n) is 3.50. The molecule has 0 saturated carbocycles. The number of nitrogens with one attached hydrogen (secondary N) is 1. The first-order valence-electron chi connectivity index (χ1n) is 7.75. The minimum absolute atomic E-state index is 0.00169. The van der Waals surface area contributed by atoms with Gasteiger partial charge in [0.1, 0.15) is 17.4 Å². The molecule has 0 unspecified atom stereocenters. The van der Waals surface area contributed by atoms with Crippen LogP contribution in [0.25, 0.3) is 6.08 Å². The number of carbonyl (C=O) groups excluding carboxylic acids is 1. The zero-order chi connectivity index (χ0) is 17.6. The Morgan fingerprint density at radius 3 is 2.72 bits per heavy atom. The maximum atomic E-state index is 12.3. The summed E-state index contributed by atoms with van der Waals surface area (Å²) in [6, 6.07) is 14.1. The van der Waals surface area contributed by atoms with Gasteiger partial charge in [0.25, 0.3) is 5.91 Å². The molecular weight excluding hydrogens is 320 g/mol. The second-order valence-electron chi connectivity index (χ2n) is 5.19. The van der Waals surface area contributed by atoms with Crippen LogP contribution >= 0.6 is 0 Å². The molecule has 2 aromatic rings. The number of hydrogen-bond donors (Lipinski definition) is 1. The van der Waals surface area contributed by atoms with Crippen LogP contribution in [0.2, 0.25) is 0 Å². The van der Waals surface area contributed by atoms with Gasteiger partial charge in [-0.1, -0.05) is 12.1 Å². The van der Waals surface area contributed by atoms with Crippen molar-refractivity contribution < 1.29 is 19.0 Å². The van der Waals surface area contributed by atoms with E-state index in [4.69, 9.17) is 14.2 Å². The quantitative estimate of drug-likeness (QED) is 0.669. The van der Waals surface area contributed by atoms with E-state index in [1.807, 2.05) is 13.0 Å². The summed E-state index contributed by atoms with van der Waals surface area (Å²) in [5.74, 6) is 1.44. The molecule has 6 heteroatoms. The monoisotopic (exact) mass is 336 g/mol. The molecule has 0 spiro atoms. The topological polar surface area (TPSA) is 80.6 Å². The Bertz CT molecular complexity index is 851. The van der Waals surface area contributed by atoms with Crippen LogP contribution in [0.15, 0.2) is 48.0 Å². The van der Waals surface area contributed by atoms with Crippen molar-refractivity contribution in [2.24, 2.45) is 0 Å². The Balaban J connectivity index is 1.73. The van der Waals surface area contributed by atoms with Gasteiger partial charge in [-0.2, -0.15) is 5.26 Å². The summed E-state index contributed by atoms with van der Waals surface area (Å²) in [4.78, 5) is 12.3. The molecule has 0 bridgehead atoms. The van der Waals surface area contributed by atoms with Crippen molar-refractivity contribution >= 4 is 17.7 Å². The van der Waals surface area contributed by atoms with E-state index in [1.54, 1.807) is 42.5 Å². The van der Waals surface area contributed by atoms with Gasteiger partial charge in [0.2, 0.25) is 6.79 Å². The lowest BCUT2D eigenvalue weighted by atomic mass is 10.1. The average Bonchev–Trinajstić information content (AvgIpc) is 3.09. The molecule has 6 nitrogen and oxygen atoms in total. The number of ether oxygens (including phenoxy) is 3. The number of rotatable bonds is 5. The van der Waals surface area contributed by atoms with E-state index in [-0.39, 0.29) is 12.4 Å². The van der Waals surface area contributed by atoms with E-state index in [0.717, 1.165) is 11.3 Å². The average molecular weight is 336 g/mol. The number of nitrogens with zero attached hydrogens (tertiary/aromatic N) is 1. The summed E-state index contributed by atoms with van der Waals surface area (Å²) in [6.45, 7) is 2.65. The van der Waals surface area contributed by atoms with Crippen molar-refractivity contribution in [1.29, 1.82) is 5.26 Å². The molecule has 126 valence electrons. The van der Waals surface area contributed by atoms with Gasteiger partial charge in [0.15, 0.2) is 11.5 Å². The SMILES string of the molecule is CCOc1ccc(/C=C(\C#N)C(=O)Nc2ccc3c(c2)OCO3)cc1. The maximum Gasteiger partial charge on any atom is 0.266 e. The van der Waals surface area contributed by atoms with Crippen LogP contribution in [0.3, 0.4) is 0 Å². The lowest BCUT2D eigenvalue weighted by Gasteiger charge is -2.06. The highest BCUT2D eigenvalue weighted by atomic mass is 16.7. The van der Waals surface area contributed by atoms with E-state index >= 15 is 0 Å². The molecule has 1 heterocycles. The largest absolute Gasteiger partial charge is 0.494 e. The fraction of sp³-hybridized carbons (Fsp3) is 0.158. The lowest BCUT2D eigenvalue weighted by molar-refractivity contribution is -0.112. The highest BCUT2D eigenvalue weighted by Crippen LogP contribution is 2.34. The first-order chi connectivity index (χ1) is 12.2. The molecule has 0 saturated heterocycles. The van der Waals surface area contributed by atoms with Gasteiger partial charge in [0.05, 0.1) is 6.61 Å². The molecule has 1 N–H and O–H groups in total. The molecule has 0 aliphatic carbocycles. The van der Waals surface area contributed by atoms with Crippen LogP contribution in [0.4, 0.5) is 5.69 Å². The Kier molecular flexibility index (Phi) is 4.86. The number of benzene rings is 2. The van der Waals surface area contributed by atoms with Crippen LogP contribution in [0, 0.1) is 11.3 Å². The molecule has 1 amide bonds. The van der Waals surface area contributed by atoms with Gasteiger partial charge in [-0.15, -0.1) is 0 Å². The Morgan fingerprint density at radius 2 is 2.00 bits per heavy atom. The number of hydrogen-bond acceptors (Lipinski definition) is 5. The minimum atomic E-state index is -0.491. The molecule has 25 heavy (non-hydrogen) atoms. The first kappa shape index (κ1) is 16.4. The molecule has 3 rings (SSSR count). The third-order valence-corrected chi connectivity index (χ3v) is 3.50. The normalized spacial score (nSPS) is 12.4. The second kappa shape index (κ2) is 7.41. The second-order valence-corrected chi connectivity index (χ2v) is 5.19. The van der Waals surface area contributed by atoms with Crippen LogP contribution in [-0.4, -0.2) is 19.3 Å². The molecular formula is C19H16N2O4.